The van der Waals surface area contributed by atoms with Crippen molar-refractivity contribution in [1.82, 2.24) is 9.80 Å². The van der Waals surface area contributed by atoms with Gasteiger partial charge in [-0.1, -0.05) is 12.8 Å². The molecule has 1 saturated heterocycles. The second-order valence-electron chi connectivity index (χ2n) is 5.97. The van der Waals surface area contributed by atoms with Crippen LogP contribution in [0.15, 0.2) is 0 Å². The highest BCUT2D eigenvalue weighted by Crippen LogP contribution is 2.26. The van der Waals surface area contributed by atoms with E-state index >= 15 is 0 Å². The van der Waals surface area contributed by atoms with E-state index in [0.29, 0.717) is 12.5 Å². The van der Waals surface area contributed by atoms with Crippen molar-refractivity contribution in [3.63, 3.8) is 0 Å². The lowest BCUT2D eigenvalue weighted by Gasteiger charge is -2.31. The molecule has 0 aromatic carbocycles. The molecule has 1 aliphatic heterocycles. The molecule has 0 aromatic rings. The van der Waals surface area contributed by atoms with Crippen molar-refractivity contribution in [2.24, 2.45) is 11.8 Å². The summed E-state index contributed by atoms with van der Waals surface area (Å²) in [4.78, 5) is 26.8. The lowest BCUT2D eigenvalue weighted by atomic mass is 10.0. The Morgan fingerprint density at radius 2 is 1.85 bits per heavy atom. The third kappa shape index (κ3) is 3.23. The van der Waals surface area contributed by atoms with Gasteiger partial charge >= 0.3 is 12.0 Å². The lowest BCUT2D eigenvalue weighted by molar-refractivity contribution is -0.142. The number of hydrogen-bond donors (Lipinski definition) is 1. The maximum atomic E-state index is 12.4. The minimum absolute atomic E-state index is 0.112. The van der Waals surface area contributed by atoms with Gasteiger partial charge in [0, 0.05) is 20.6 Å². The summed E-state index contributed by atoms with van der Waals surface area (Å²) in [5.41, 5.74) is 0. The van der Waals surface area contributed by atoms with Gasteiger partial charge in [0.25, 0.3) is 0 Å². The average molecular weight is 284 g/mol. The highest BCUT2D eigenvalue weighted by atomic mass is 16.5. The SMILES string of the molecule is CN(CC1CCCC1)C(=O)N(C)C1COCC1C(=O)O. The number of carbonyl (C=O) groups is 2. The highest BCUT2D eigenvalue weighted by Gasteiger charge is 2.39. The molecule has 0 bridgehead atoms. The second-order valence-corrected chi connectivity index (χ2v) is 5.97. The molecule has 2 amide bonds. The molecule has 114 valence electrons. The third-order valence-corrected chi connectivity index (χ3v) is 4.50. The highest BCUT2D eigenvalue weighted by molar-refractivity contribution is 5.77. The molecule has 1 saturated carbocycles. The molecule has 1 N–H and O–H groups in total. The van der Waals surface area contributed by atoms with E-state index in [-0.39, 0.29) is 18.7 Å². The van der Waals surface area contributed by atoms with Crippen molar-refractivity contribution >= 4 is 12.0 Å². The number of likely N-dealkylation sites (N-methyl/N-ethyl adjacent to an activating group) is 1. The van der Waals surface area contributed by atoms with Gasteiger partial charge in [-0.25, -0.2) is 4.79 Å². The Hall–Kier alpha value is -1.30. The van der Waals surface area contributed by atoms with Crippen LogP contribution in [0.3, 0.4) is 0 Å². The smallest absolute Gasteiger partial charge is 0.319 e. The van der Waals surface area contributed by atoms with Crippen LogP contribution >= 0.6 is 0 Å². The number of carboxylic acid groups (broad SMARTS) is 1. The van der Waals surface area contributed by atoms with Gasteiger partial charge in [0.15, 0.2) is 0 Å². The van der Waals surface area contributed by atoms with E-state index < -0.39 is 11.9 Å². The number of aliphatic carboxylic acids is 1. The van der Waals surface area contributed by atoms with Crippen LogP contribution in [0, 0.1) is 11.8 Å². The second kappa shape index (κ2) is 6.43. The average Bonchev–Trinajstić information content (AvgIpc) is 3.07. The maximum Gasteiger partial charge on any atom is 0.319 e. The summed E-state index contributed by atoms with van der Waals surface area (Å²) in [6, 6.07) is -0.482. The number of nitrogens with zero attached hydrogens (tertiary/aromatic N) is 2. The van der Waals surface area contributed by atoms with Gasteiger partial charge in [0.1, 0.15) is 5.92 Å². The fourth-order valence-electron chi connectivity index (χ4n) is 3.23. The predicted molar refractivity (Wildman–Crippen MR) is 73.5 cm³/mol. The van der Waals surface area contributed by atoms with Gasteiger partial charge in [-0.3, -0.25) is 4.79 Å². The number of rotatable bonds is 4. The van der Waals surface area contributed by atoms with Crippen LogP contribution < -0.4 is 0 Å². The van der Waals surface area contributed by atoms with E-state index in [1.54, 1.807) is 19.0 Å². The first-order chi connectivity index (χ1) is 9.50. The van der Waals surface area contributed by atoms with Crippen molar-refractivity contribution in [3.05, 3.63) is 0 Å². The van der Waals surface area contributed by atoms with Gasteiger partial charge in [-0.05, 0) is 18.8 Å². The fourth-order valence-corrected chi connectivity index (χ4v) is 3.23. The molecular formula is C14H24N2O4. The van der Waals surface area contributed by atoms with Gasteiger partial charge < -0.3 is 19.6 Å². The van der Waals surface area contributed by atoms with E-state index in [1.807, 2.05) is 0 Å². The van der Waals surface area contributed by atoms with Crippen molar-refractivity contribution in [2.45, 2.75) is 31.7 Å². The zero-order chi connectivity index (χ0) is 14.7. The van der Waals surface area contributed by atoms with Gasteiger partial charge in [-0.15, -0.1) is 0 Å². The zero-order valence-electron chi connectivity index (χ0n) is 12.2. The first-order valence-electron chi connectivity index (χ1n) is 7.29. The first-order valence-corrected chi connectivity index (χ1v) is 7.29. The van der Waals surface area contributed by atoms with Crippen molar-refractivity contribution in [1.29, 1.82) is 0 Å². The van der Waals surface area contributed by atoms with Crippen molar-refractivity contribution in [2.75, 3.05) is 33.9 Å². The normalized spacial score (nSPS) is 26.7. The summed E-state index contributed by atoms with van der Waals surface area (Å²) in [6.45, 7) is 1.24. The van der Waals surface area contributed by atoms with E-state index in [1.165, 1.54) is 30.6 Å². The van der Waals surface area contributed by atoms with E-state index in [2.05, 4.69) is 0 Å². The Labute approximate surface area is 119 Å². The number of amides is 2. The monoisotopic (exact) mass is 284 g/mol. The Balaban J connectivity index is 1.91. The minimum atomic E-state index is -0.898. The molecule has 2 unspecified atom stereocenters. The largest absolute Gasteiger partial charge is 0.481 e. The molecule has 0 spiro atoms. The summed E-state index contributed by atoms with van der Waals surface area (Å²) >= 11 is 0. The molecule has 20 heavy (non-hydrogen) atoms. The third-order valence-electron chi connectivity index (χ3n) is 4.50. The summed E-state index contributed by atoms with van der Waals surface area (Å²) < 4.78 is 5.22. The topological polar surface area (TPSA) is 70.1 Å². The van der Waals surface area contributed by atoms with Gasteiger partial charge in [0.2, 0.25) is 0 Å². The van der Waals surface area contributed by atoms with Crippen LogP contribution in [0.2, 0.25) is 0 Å². The lowest BCUT2D eigenvalue weighted by Crippen LogP contribution is -2.49. The Kier molecular flexibility index (Phi) is 4.86. The molecule has 2 aliphatic rings. The van der Waals surface area contributed by atoms with E-state index in [9.17, 15) is 9.59 Å². The summed E-state index contributed by atoms with van der Waals surface area (Å²) in [5.74, 6) is -0.929. The Morgan fingerprint density at radius 3 is 2.45 bits per heavy atom. The number of urea groups is 1. The van der Waals surface area contributed by atoms with Crippen LogP contribution in [0.25, 0.3) is 0 Å². The number of ether oxygens (including phenoxy) is 1. The predicted octanol–water partition coefficient (Wildman–Crippen LogP) is 1.26. The summed E-state index contributed by atoms with van der Waals surface area (Å²) in [6.07, 6.45) is 4.87. The van der Waals surface area contributed by atoms with Crippen molar-refractivity contribution in [3.8, 4) is 0 Å². The molecule has 2 atom stereocenters. The standard InChI is InChI=1S/C14H24N2O4/c1-15(7-10-5-3-4-6-10)14(19)16(2)12-9-20-8-11(12)13(17)18/h10-12H,3-9H2,1-2H3,(H,17,18). The zero-order valence-corrected chi connectivity index (χ0v) is 12.2. The molecule has 1 aliphatic carbocycles. The minimum Gasteiger partial charge on any atom is -0.481 e. The van der Waals surface area contributed by atoms with Crippen molar-refractivity contribution < 1.29 is 19.4 Å². The van der Waals surface area contributed by atoms with Gasteiger partial charge in [0.05, 0.1) is 19.3 Å². The Morgan fingerprint density at radius 1 is 1.20 bits per heavy atom. The van der Waals surface area contributed by atoms with Crippen LogP contribution in [-0.2, 0) is 9.53 Å². The first kappa shape index (κ1) is 15.1. The van der Waals surface area contributed by atoms with Crippen LogP contribution in [-0.4, -0.2) is 66.8 Å². The number of carboxylic acids is 1. The quantitative estimate of drug-likeness (QED) is 0.843. The van der Waals surface area contributed by atoms with E-state index in [0.717, 1.165) is 6.54 Å². The molecule has 6 heteroatoms. The molecular weight excluding hydrogens is 260 g/mol. The molecule has 0 radical (unpaired) electrons. The van der Waals surface area contributed by atoms with E-state index in [4.69, 9.17) is 9.84 Å². The molecule has 1 heterocycles. The number of carbonyl (C=O) groups excluding carboxylic acids is 1. The molecule has 2 rings (SSSR count). The summed E-state index contributed by atoms with van der Waals surface area (Å²) in [5, 5.41) is 9.15. The molecule has 0 aromatic heterocycles. The number of hydrogen-bond acceptors (Lipinski definition) is 3. The molecule has 6 nitrogen and oxygen atoms in total. The van der Waals surface area contributed by atoms with Crippen LogP contribution in [0.1, 0.15) is 25.7 Å². The molecule has 2 fully saturated rings. The fraction of sp³-hybridized carbons (Fsp3) is 0.857. The van der Waals surface area contributed by atoms with Crippen LogP contribution in [0.5, 0.6) is 0 Å². The van der Waals surface area contributed by atoms with Gasteiger partial charge in [-0.2, -0.15) is 0 Å². The Bertz CT molecular complexity index is 368. The van der Waals surface area contributed by atoms with Crippen LogP contribution in [0.4, 0.5) is 4.79 Å². The maximum absolute atomic E-state index is 12.4. The summed E-state index contributed by atoms with van der Waals surface area (Å²) in [7, 11) is 3.46.